The number of thioether (sulfide) groups is 1. The number of hydrogen-bond acceptors (Lipinski definition) is 8. The lowest BCUT2D eigenvalue weighted by Crippen LogP contribution is -2.51. The van der Waals surface area contributed by atoms with Gasteiger partial charge >= 0.3 is 0 Å². The molecule has 8 nitrogen and oxygen atoms in total. The third-order valence-corrected chi connectivity index (χ3v) is 6.99. The van der Waals surface area contributed by atoms with Crippen LogP contribution >= 0.6 is 11.8 Å². The molecule has 0 saturated carbocycles. The molecule has 1 aliphatic rings. The quantitative estimate of drug-likeness (QED) is 0.360. The monoisotopic (exact) mass is 479 g/mol. The van der Waals surface area contributed by atoms with E-state index in [9.17, 15) is 4.79 Å². The van der Waals surface area contributed by atoms with Crippen LogP contribution in [-0.4, -0.2) is 81.7 Å². The Balaban J connectivity index is 1.55. The molecule has 0 radical (unpaired) electrons. The van der Waals surface area contributed by atoms with Crippen LogP contribution in [0.2, 0.25) is 0 Å². The van der Waals surface area contributed by atoms with Crippen molar-refractivity contribution in [2.45, 2.75) is 31.7 Å². The summed E-state index contributed by atoms with van der Waals surface area (Å²) < 4.78 is 2.03. The molecule has 0 amide bonds. The highest BCUT2D eigenvalue weighted by molar-refractivity contribution is 7.97. The molecule has 3 aromatic rings. The van der Waals surface area contributed by atoms with Gasteiger partial charge in [-0.05, 0) is 37.8 Å². The molecular formula is C25H33N7OS. The largest absolute Gasteiger partial charge is 0.363 e. The second kappa shape index (κ2) is 10.6. The first-order valence-electron chi connectivity index (χ1n) is 11.5. The first-order chi connectivity index (χ1) is 16.4. The van der Waals surface area contributed by atoms with Crippen molar-refractivity contribution in [2.24, 2.45) is 0 Å². The maximum Gasteiger partial charge on any atom is 0.175 e. The van der Waals surface area contributed by atoms with Gasteiger partial charge in [-0.15, -0.1) is 0 Å². The van der Waals surface area contributed by atoms with Gasteiger partial charge in [0.2, 0.25) is 0 Å². The molecule has 1 aromatic carbocycles. The van der Waals surface area contributed by atoms with Crippen molar-refractivity contribution < 1.29 is 4.79 Å². The van der Waals surface area contributed by atoms with Gasteiger partial charge in [0.15, 0.2) is 5.82 Å². The van der Waals surface area contributed by atoms with Crippen molar-refractivity contribution in [1.29, 1.82) is 0 Å². The average molecular weight is 480 g/mol. The zero-order valence-corrected chi connectivity index (χ0v) is 21.4. The van der Waals surface area contributed by atoms with Crippen LogP contribution in [0.1, 0.15) is 37.0 Å². The fraction of sp³-hybridized carbons (Fsp3) is 0.440. The fourth-order valence-corrected chi connectivity index (χ4v) is 5.06. The maximum atomic E-state index is 11.6. The Morgan fingerprint density at radius 3 is 2.68 bits per heavy atom. The Kier molecular flexibility index (Phi) is 7.53. The fourth-order valence-electron chi connectivity index (χ4n) is 4.62. The summed E-state index contributed by atoms with van der Waals surface area (Å²) in [4.78, 5) is 30.2. The minimum absolute atomic E-state index is 0.221. The molecule has 1 saturated heterocycles. The first kappa shape index (κ1) is 24.2. The van der Waals surface area contributed by atoms with E-state index in [0.717, 1.165) is 59.9 Å². The van der Waals surface area contributed by atoms with Crippen LogP contribution in [-0.2, 0) is 10.5 Å². The number of aldehydes is 1. The number of nitrogens with zero attached hydrogens (tertiary/aromatic N) is 7. The molecular weight excluding hydrogens is 446 g/mol. The lowest BCUT2D eigenvalue weighted by Gasteiger charge is -2.44. The molecule has 4 rings (SSSR count). The number of carbonyl (C=O) groups is 1. The maximum absolute atomic E-state index is 11.6. The second-order valence-electron chi connectivity index (χ2n) is 8.89. The molecule has 0 spiro atoms. The van der Waals surface area contributed by atoms with Crippen LogP contribution in [0.25, 0.3) is 16.7 Å². The summed E-state index contributed by atoms with van der Waals surface area (Å²) >= 11 is 1.74. The zero-order chi connectivity index (χ0) is 24.2. The molecule has 0 bridgehead atoms. The van der Waals surface area contributed by atoms with Crippen molar-refractivity contribution in [3.8, 4) is 0 Å². The number of rotatable bonds is 8. The number of benzene rings is 1. The van der Waals surface area contributed by atoms with Gasteiger partial charge in [-0.1, -0.05) is 6.07 Å². The number of aromatic nitrogens is 4. The number of piperazine rings is 1. The molecule has 180 valence electrons. The summed E-state index contributed by atoms with van der Waals surface area (Å²) in [5.74, 6) is 1.64. The SMILES string of the molecule is CSCc1cn(N(C)C)c(/C(=C\C=O)N2CCN(C(C)c3ccc4nccnc4c3)CC2C)n1. The summed E-state index contributed by atoms with van der Waals surface area (Å²) in [6.07, 6.45) is 10.1. The van der Waals surface area contributed by atoms with E-state index in [2.05, 4.69) is 58.2 Å². The van der Waals surface area contributed by atoms with Crippen LogP contribution in [0.4, 0.5) is 0 Å². The van der Waals surface area contributed by atoms with E-state index in [-0.39, 0.29) is 12.1 Å². The van der Waals surface area contributed by atoms with E-state index in [0.29, 0.717) is 0 Å². The number of carbonyl (C=O) groups excluding carboxylic acids is 1. The Bertz CT molecular complexity index is 1180. The molecule has 0 aliphatic carbocycles. The average Bonchev–Trinajstić information content (AvgIpc) is 3.26. The van der Waals surface area contributed by atoms with Gasteiger partial charge in [-0.25, -0.2) is 9.66 Å². The summed E-state index contributed by atoms with van der Waals surface area (Å²) in [6.45, 7) is 7.05. The topological polar surface area (TPSA) is 70.4 Å². The highest BCUT2D eigenvalue weighted by atomic mass is 32.2. The van der Waals surface area contributed by atoms with Gasteiger partial charge < -0.3 is 9.91 Å². The molecule has 2 unspecified atom stereocenters. The summed E-state index contributed by atoms with van der Waals surface area (Å²) in [7, 11) is 3.98. The number of allylic oxidation sites excluding steroid dienone is 1. The molecule has 34 heavy (non-hydrogen) atoms. The Morgan fingerprint density at radius 2 is 2.00 bits per heavy atom. The van der Waals surface area contributed by atoms with Crippen LogP contribution < -0.4 is 5.01 Å². The predicted octanol–water partition coefficient (Wildman–Crippen LogP) is 3.19. The molecule has 2 aromatic heterocycles. The minimum atomic E-state index is 0.221. The van der Waals surface area contributed by atoms with Crippen molar-refractivity contribution in [1.82, 2.24) is 29.4 Å². The summed E-state index contributed by atoms with van der Waals surface area (Å²) in [5, 5.41) is 2.00. The standard InChI is InChI=1S/C25H33N7OS/c1-18-15-30(19(2)20-6-7-22-23(14-20)27-10-9-26-22)11-12-31(18)24(8-13-33)25-28-21(17-34-5)16-32(25)29(3)4/h6-10,13-14,16,18-19H,11-12,15,17H2,1-5H3/b24-8+. The van der Waals surface area contributed by atoms with Gasteiger partial charge in [0.25, 0.3) is 0 Å². The van der Waals surface area contributed by atoms with E-state index in [4.69, 9.17) is 4.98 Å². The normalized spacial score (nSPS) is 18.3. The van der Waals surface area contributed by atoms with E-state index in [1.807, 2.05) is 29.8 Å². The first-order valence-corrected chi connectivity index (χ1v) is 12.9. The van der Waals surface area contributed by atoms with Crippen LogP contribution in [0.5, 0.6) is 0 Å². The highest BCUT2D eigenvalue weighted by Gasteiger charge is 2.31. The number of hydrogen-bond donors (Lipinski definition) is 0. The Hall–Kier alpha value is -2.91. The van der Waals surface area contributed by atoms with E-state index in [1.165, 1.54) is 5.56 Å². The Morgan fingerprint density at radius 1 is 1.24 bits per heavy atom. The molecule has 9 heteroatoms. The highest BCUT2D eigenvalue weighted by Crippen LogP contribution is 2.29. The third kappa shape index (κ3) is 4.95. The lowest BCUT2D eigenvalue weighted by molar-refractivity contribution is -0.104. The van der Waals surface area contributed by atoms with Gasteiger partial charge in [0.1, 0.15) is 6.29 Å². The summed E-state index contributed by atoms with van der Waals surface area (Å²) in [5.41, 5.74) is 4.95. The molecule has 0 N–H and O–H groups in total. The Labute approximate surface area is 205 Å². The smallest absolute Gasteiger partial charge is 0.175 e. The van der Waals surface area contributed by atoms with E-state index in [1.54, 1.807) is 30.2 Å². The van der Waals surface area contributed by atoms with Crippen molar-refractivity contribution in [3.63, 3.8) is 0 Å². The number of imidazole rings is 1. The van der Waals surface area contributed by atoms with Crippen LogP contribution in [0, 0.1) is 0 Å². The van der Waals surface area contributed by atoms with Crippen molar-refractivity contribution >= 4 is 34.8 Å². The van der Waals surface area contributed by atoms with Gasteiger partial charge in [-0.3, -0.25) is 19.7 Å². The lowest BCUT2D eigenvalue weighted by atomic mass is 10.0. The molecule has 1 aliphatic heterocycles. The second-order valence-corrected chi connectivity index (χ2v) is 9.75. The summed E-state index contributed by atoms with van der Waals surface area (Å²) in [6, 6.07) is 6.82. The van der Waals surface area contributed by atoms with Gasteiger partial charge in [-0.2, -0.15) is 11.8 Å². The zero-order valence-electron chi connectivity index (χ0n) is 20.5. The van der Waals surface area contributed by atoms with Gasteiger partial charge in [0, 0.05) is 70.0 Å². The molecule has 1 fully saturated rings. The minimum Gasteiger partial charge on any atom is -0.363 e. The van der Waals surface area contributed by atoms with Crippen molar-refractivity contribution in [2.75, 3.05) is 45.0 Å². The van der Waals surface area contributed by atoms with Gasteiger partial charge in [0.05, 0.1) is 28.6 Å². The molecule has 2 atom stereocenters. The van der Waals surface area contributed by atoms with Crippen LogP contribution in [0.3, 0.4) is 0 Å². The van der Waals surface area contributed by atoms with E-state index >= 15 is 0 Å². The predicted molar refractivity (Wildman–Crippen MR) is 139 cm³/mol. The molecule has 3 heterocycles. The van der Waals surface area contributed by atoms with E-state index < -0.39 is 0 Å². The number of fused-ring (bicyclic) bond motifs is 1. The van der Waals surface area contributed by atoms with Crippen molar-refractivity contribution in [3.05, 3.63) is 59.9 Å². The third-order valence-electron chi connectivity index (χ3n) is 6.41. The van der Waals surface area contributed by atoms with Crippen LogP contribution in [0.15, 0.2) is 42.9 Å².